The van der Waals surface area contributed by atoms with Crippen LogP contribution in [-0.4, -0.2) is 30.7 Å². The fraction of sp³-hybridized carbons (Fsp3) is 0.909. The first-order valence-electron chi connectivity index (χ1n) is 10.8. The van der Waals surface area contributed by atoms with Crippen LogP contribution in [0.25, 0.3) is 0 Å². The van der Waals surface area contributed by atoms with Crippen LogP contribution in [0.15, 0.2) is 0 Å². The molecular weight excluding hydrogens is 405 g/mol. The zero-order valence-electron chi connectivity index (χ0n) is 16.3. The molecule has 1 rings (SSSR count). The van der Waals surface area contributed by atoms with E-state index in [2.05, 4.69) is 39.4 Å². The highest BCUT2D eigenvalue weighted by Gasteiger charge is 2.30. The van der Waals surface area contributed by atoms with Gasteiger partial charge in [-0.25, -0.2) is 0 Å². The summed E-state index contributed by atoms with van der Waals surface area (Å²) in [6, 6.07) is 0. The van der Waals surface area contributed by atoms with Gasteiger partial charge in [-0.05, 0) is 22.7 Å². The Morgan fingerprint density at radius 2 is 1.17 bits per heavy atom. The maximum absolute atomic E-state index is 3.34. The van der Waals surface area contributed by atoms with Gasteiger partial charge >= 0.3 is 0 Å². The largest absolute Gasteiger partial charge is 0.313 e. The molecular formula is C22H41IN+. The molecule has 0 radical (unpaired) electrons. The summed E-state index contributed by atoms with van der Waals surface area (Å²) in [7, 11) is 0. The lowest BCUT2D eigenvalue weighted by Gasteiger charge is -2.32. The van der Waals surface area contributed by atoms with Crippen molar-refractivity contribution < 1.29 is 4.48 Å². The fourth-order valence-corrected chi connectivity index (χ4v) is 4.30. The monoisotopic (exact) mass is 446 g/mol. The van der Waals surface area contributed by atoms with Crippen molar-refractivity contribution in [2.24, 2.45) is 0 Å². The van der Waals surface area contributed by atoms with E-state index in [1.807, 2.05) is 0 Å². The van der Waals surface area contributed by atoms with Gasteiger partial charge in [-0.15, -0.1) is 0 Å². The first-order chi connectivity index (χ1) is 11.8. The third kappa shape index (κ3) is 11.0. The lowest BCUT2D eigenvalue weighted by Crippen LogP contribution is -2.46. The van der Waals surface area contributed by atoms with E-state index in [9.17, 15) is 0 Å². The fourth-order valence-electron chi connectivity index (χ4n) is 4.13. The van der Waals surface area contributed by atoms with E-state index in [0.29, 0.717) is 0 Å². The summed E-state index contributed by atoms with van der Waals surface area (Å²) < 4.78 is 4.37. The van der Waals surface area contributed by atoms with Crippen LogP contribution < -0.4 is 0 Å². The highest BCUT2D eigenvalue weighted by molar-refractivity contribution is 14.1. The van der Waals surface area contributed by atoms with Crippen molar-refractivity contribution in [3.63, 3.8) is 0 Å². The molecule has 0 unspecified atom stereocenters. The summed E-state index contributed by atoms with van der Waals surface area (Å²) in [5, 5.41) is 0. The molecule has 1 saturated heterocycles. The second-order valence-corrected chi connectivity index (χ2v) is 8.43. The minimum absolute atomic E-state index is 1.10. The summed E-state index contributed by atoms with van der Waals surface area (Å²) in [6.45, 7) is 7.53. The van der Waals surface area contributed by atoms with Crippen molar-refractivity contribution >= 4 is 22.6 Å². The van der Waals surface area contributed by atoms with Crippen LogP contribution in [0.3, 0.4) is 0 Å². The summed E-state index contributed by atoms with van der Waals surface area (Å²) in [5.74, 6) is 3.34. The van der Waals surface area contributed by atoms with E-state index in [4.69, 9.17) is 0 Å². The SMILES string of the molecule is CCCCCCCCCCCCCCC[N+]1(CC#CI)CCCC1. The van der Waals surface area contributed by atoms with Crippen LogP contribution in [0, 0.1) is 9.85 Å². The average Bonchev–Trinajstić information content (AvgIpc) is 3.06. The quantitative estimate of drug-likeness (QED) is 0.109. The highest BCUT2D eigenvalue weighted by atomic mass is 127. The Kier molecular flexibility index (Phi) is 14.4. The van der Waals surface area contributed by atoms with Crippen molar-refractivity contribution in [3.05, 3.63) is 0 Å². The summed E-state index contributed by atoms with van der Waals surface area (Å²) in [6.07, 6.45) is 21.7. The zero-order chi connectivity index (χ0) is 17.3. The minimum atomic E-state index is 1.10. The second kappa shape index (κ2) is 15.5. The number of nitrogens with zero attached hydrogens (tertiary/aromatic N) is 1. The molecule has 1 aliphatic rings. The van der Waals surface area contributed by atoms with Gasteiger partial charge in [-0.3, -0.25) is 0 Å². The van der Waals surface area contributed by atoms with E-state index in [0.717, 1.165) is 6.54 Å². The summed E-state index contributed by atoms with van der Waals surface area (Å²) in [4.78, 5) is 0. The van der Waals surface area contributed by atoms with E-state index >= 15 is 0 Å². The van der Waals surface area contributed by atoms with Crippen LogP contribution in [0.2, 0.25) is 0 Å². The Bertz CT molecular complexity index is 336. The van der Waals surface area contributed by atoms with E-state index in [-0.39, 0.29) is 0 Å². The number of quaternary nitrogens is 1. The third-order valence-corrected chi connectivity index (χ3v) is 6.11. The van der Waals surface area contributed by atoms with Crippen molar-refractivity contribution in [2.75, 3.05) is 26.2 Å². The molecule has 0 aliphatic carbocycles. The normalized spacial score (nSPS) is 16.1. The van der Waals surface area contributed by atoms with Crippen molar-refractivity contribution in [1.29, 1.82) is 0 Å². The van der Waals surface area contributed by atoms with Gasteiger partial charge in [0.15, 0.2) is 0 Å². The Labute approximate surface area is 166 Å². The van der Waals surface area contributed by atoms with Gasteiger partial charge < -0.3 is 4.48 Å². The second-order valence-electron chi connectivity index (χ2n) is 7.89. The number of hydrogen-bond donors (Lipinski definition) is 0. The Balaban J connectivity index is 1.88. The van der Waals surface area contributed by atoms with Crippen LogP contribution in [0.5, 0.6) is 0 Å². The van der Waals surface area contributed by atoms with Gasteiger partial charge in [0.05, 0.1) is 19.6 Å². The predicted octanol–water partition coefficient (Wildman–Crippen LogP) is 7.08. The number of hydrogen-bond acceptors (Lipinski definition) is 0. The predicted molar refractivity (Wildman–Crippen MR) is 116 cm³/mol. The molecule has 0 aromatic rings. The van der Waals surface area contributed by atoms with Crippen LogP contribution in [-0.2, 0) is 0 Å². The lowest BCUT2D eigenvalue weighted by molar-refractivity contribution is -0.910. The van der Waals surface area contributed by atoms with Gasteiger partial charge in [-0.2, -0.15) is 0 Å². The number of unbranched alkanes of at least 4 members (excludes halogenated alkanes) is 12. The van der Waals surface area contributed by atoms with Crippen LogP contribution in [0.1, 0.15) is 103 Å². The number of halogens is 1. The molecule has 0 aromatic heterocycles. The lowest BCUT2D eigenvalue weighted by atomic mass is 10.0. The molecule has 1 heterocycles. The smallest absolute Gasteiger partial charge is 0.141 e. The van der Waals surface area contributed by atoms with Crippen molar-refractivity contribution in [3.8, 4) is 9.85 Å². The molecule has 140 valence electrons. The highest BCUT2D eigenvalue weighted by Crippen LogP contribution is 2.21. The van der Waals surface area contributed by atoms with Gasteiger partial charge in [0.2, 0.25) is 0 Å². The van der Waals surface area contributed by atoms with Gasteiger partial charge in [0, 0.05) is 35.4 Å². The van der Waals surface area contributed by atoms with E-state index < -0.39 is 0 Å². The summed E-state index contributed by atoms with van der Waals surface area (Å²) in [5.41, 5.74) is 0. The van der Waals surface area contributed by atoms with E-state index in [1.165, 1.54) is 120 Å². The number of likely N-dealkylation sites (tertiary alicyclic amines) is 1. The first kappa shape index (κ1) is 22.3. The Morgan fingerprint density at radius 3 is 1.62 bits per heavy atom. The van der Waals surface area contributed by atoms with Crippen LogP contribution in [0.4, 0.5) is 0 Å². The molecule has 1 fully saturated rings. The molecule has 1 nitrogen and oxygen atoms in total. The van der Waals surface area contributed by atoms with Gasteiger partial charge in [0.25, 0.3) is 0 Å². The number of rotatable bonds is 15. The molecule has 24 heavy (non-hydrogen) atoms. The topological polar surface area (TPSA) is 0 Å². The molecule has 1 aliphatic heterocycles. The van der Waals surface area contributed by atoms with Gasteiger partial charge in [-0.1, -0.05) is 77.6 Å². The molecule has 0 bridgehead atoms. The minimum Gasteiger partial charge on any atom is -0.313 e. The molecule has 0 spiro atoms. The maximum atomic E-state index is 3.34. The zero-order valence-corrected chi connectivity index (χ0v) is 18.4. The molecule has 0 saturated carbocycles. The molecule has 0 atom stereocenters. The van der Waals surface area contributed by atoms with Crippen LogP contribution >= 0.6 is 22.6 Å². The molecule has 2 heteroatoms. The van der Waals surface area contributed by atoms with Crippen molar-refractivity contribution in [1.82, 2.24) is 0 Å². The van der Waals surface area contributed by atoms with E-state index in [1.54, 1.807) is 0 Å². The Hall–Kier alpha value is 0.250. The third-order valence-electron chi connectivity index (χ3n) is 5.73. The summed E-state index contributed by atoms with van der Waals surface area (Å²) >= 11 is 2.19. The maximum Gasteiger partial charge on any atom is 0.141 e. The van der Waals surface area contributed by atoms with Gasteiger partial charge in [0.1, 0.15) is 6.54 Å². The Morgan fingerprint density at radius 1 is 0.708 bits per heavy atom. The first-order valence-corrected chi connectivity index (χ1v) is 11.8. The standard InChI is InChI=1S/C22H41IN/c1-2-3-4-5-6-7-8-9-10-11-12-13-14-19-24(22-17-18-23)20-15-16-21-24/h2-16,19-22H2,1H3/q+1. The van der Waals surface area contributed by atoms with Crippen molar-refractivity contribution in [2.45, 2.75) is 103 Å². The molecule has 0 amide bonds. The molecule has 0 aromatic carbocycles. The molecule has 0 N–H and O–H groups in total. The average molecular weight is 446 g/mol.